The van der Waals surface area contributed by atoms with Gasteiger partial charge in [0.15, 0.2) is 11.8 Å². The highest BCUT2D eigenvalue weighted by molar-refractivity contribution is 5.91. The SMILES string of the molecule is NN=C(C(C(F)(F)F)C(F)(F)F)C(C(F)(F)F)C(F)(F)F. The molecule has 0 aromatic rings. The molecular weight excluding hydrogens is 340 g/mol. The molecule has 0 rings (SSSR count). The second-order valence-electron chi connectivity index (χ2n) is 3.59. The van der Waals surface area contributed by atoms with E-state index >= 15 is 0 Å². The van der Waals surface area contributed by atoms with Crippen LogP contribution < -0.4 is 5.84 Å². The lowest BCUT2D eigenvalue weighted by Crippen LogP contribution is -2.53. The van der Waals surface area contributed by atoms with Crippen LogP contribution in [0.15, 0.2) is 5.10 Å². The number of hydrogen-bond donors (Lipinski definition) is 1. The van der Waals surface area contributed by atoms with Crippen molar-refractivity contribution in [2.45, 2.75) is 24.7 Å². The summed E-state index contributed by atoms with van der Waals surface area (Å²) in [5.41, 5.74) is -3.32. The van der Waals surface area contributed by atoms with Crippen LogP contribution in [0.2, 0.25) is 0 Å². The Bertz CT molecular complexity index is 320. The Kier molecular flexibility index (Phi) is 5.08. The van der Waals surface area contributed by atoms with Gasteiger partial charge in [0.25, 0.3) is 0 Å². The summed E-state index contributed by atoms with van der Waals surface area (Å²) in [6, 6.07) is 0. The second kappa shape index (κ2) is 5.44. The maximum atomic E-state index is 12.2. The second-order valence-corrected chi connectivity index (χ2v) is 3.59. The van der Waals surface area contributed by atoms with Crippen molar-refractivity contribution in [2.75, 3.05) is 0 Å². The molecule has 2 nitrogen and oxygen atoms in total. The largest absolute Gasteiger partial charge is 0.405 e. The number of nitrogens with two attached hydrogens (primary N) is 1. The molecule has 0 aromatic carbocycles. The van der Waals surface area contributed by atoms with E-state index in [9.17, 15) is 52.7 Å². The minimum absolute atomic E-state index is 1.49. The predicted octanol–water partition coefficient (Wildman–Crippen LogP) is 3.78. The molecule has 0 unspecified atom stereocenters. The third-order valence-corrected chi connectivity index (χ3v) is 2.05. The highest BCUT2D eigenvalue weighted by Gasteiger charge is 2.69. The average molecular weight is 344 g/mol. The Labute approximate surface area is 107 Å². The zero-order valence-electron chi connectivity index (χ0n) is 9.21. The fourth-order valence-corrected chi connectivity index (χ4v) is 1.36. The smallest absolute Gasteiger partial charge is 0.323 e. The first kappa shape index (κ1) is 19.6. The molecule has 0 radical (unpaired) electrons. The van der Waals surface area contributed by atoms with E-state index in [0.717, 1.165) is 0 Å². The number of halogens is 12. The van der Waals surface area contributed by atoms with Gasteiger partial charge in [-0.05, 0) is 0 Å². The molecule has 0 aliphatic rings. The molecule has 2 N–H and O–H groups in total. The number of hydrazone groups is 1. The van der Waals surface area contributed by atoms with Crippen LogP contribution in [0.3, 0.4) is 0 Å². The molecule has 0 atom stereocenters. The van der Waals surface area contributed by atoms with Crippen molar-refractivity contribution in [1.82, 2.24) is 0 Å². The normalized spacial score (nSPS) is 14.8. The quantitative estimate of drug-likeness (QED) is 0.352. The molecule has 0 amide bonds. The minimum atomic E-state index is -6.49. The molecule has 0 heterocycles. The van der Waals surface area contributed by atoms with Gasteiger partial charge < -0.3 is 5.84 Å². The van der Waals surface area contributed by atoms with Crippen LogP contribution in [-0.4, -0.2) is 30.4 Å². The fraction of sp³-hybridized carbons (Fsp3) is 0.857. The number of nitrogens with zero attached hydrogens (tertiary/aromatic N) is 1. The lowest BCUT2D eigenvalue weighted by atomic mass is 9.89. The third-order valence-electron chi connectivity index (χ3n) is 2.05. The third kappa shape index (κ3) is 4.84. The molecule has 0 spiro atoms. The summed E-state index contributed by atoms with van der Waals surface area (Å²) >= 11 is 0. The molecule has 21 heavy (non-hydrogen) atoms. The molecule has 0 bridgehead atoms. The van der Waals surface area contributed by atoms with Crippen molar-refractivity contribution in [2.24, 2.45) is 22.8 Å². The van der Waals surface area contributed by atoms with Crippen LogP contribution in [0, 0.1) is 11.8 Å². The molecule has 0 fully saturated rings. The lowest BCUT2D eigenvalue weighted by molar-refractivity contribution is -0.280. The number of alkyl halides is 12. The summed E-state index contributed by atoms with van der Waals surface area (Å²) in [4.78, 5) is 0. The van der Waals surface area contributed by atoms with Gasteiger partial charge >= 0.3 is 24.7 Å². The Morgan fingerprint density at radius 2 is 0.762 bits per heavy atom. The van der Waals surface area contributed by atoms with Crippen molar-refractivity contribution < 1.29 is 52.7 Å². The van der Waals surface area contributed by atoms with E-state index in [2.05, 4.69) is 5.84 Å². The molecule has 126 valence electrons. The summed E-state index contributed by atoms with van der Waals surface area (Å²) < 4.78 is 146. The molecule has 0 saturated heterocycles. The first-order chi connectivity index (χ1) is 8.94. The lowest BCUT2D eigenvalue weighted by Gasteiger charge is -2.30. The topological polar surface area (TPSA) is 38.4 Å². The maximum Gasteiger partial charge on any atom is 0.405 e. The number of rotatable bonds is 2. The van der Waals surface area contributed by atoms with E-state index in [1.165, 1.54) is 5.10 Å². The van der Waals surface area contributed by atoms with Gasteiger partial charge in [-0.15, -0.1) is 0 Å². The van der Waals surface area contributed by atoms with Gasteiger partial charge in [-0.3, -0.25) is 0 Å². The van der Waals surface area contributed by atoms with Gasteiger partial charge in [-0.25, -0.2) is 0 Å². The molecule has 0 aliphatic carbocycles. The van der Waals surface area contributed by atoms with Crippen molar-refractivity contribution in [3.05, 3.63) is 0 Å². The van der Waals surface area contributed by atoms with Crippen LogP contribution in [0.5, 0.6) is 0 Å². The maximum absolute atomic E-state index is 12.2. The van der Waals surface area contributed by atoms with E-state index in [1.54, 1.807) is 0 Å². The molecule has 0 saturated carbocycles. The van der Waals surface area contributed by atoms with Crippen LogP contribution in [-0.2, 0) is 0 Å². The zero-order chi connectivity index (χ0) is 17.4. The monoisotopic (exact) mass is 344 g/mol. The van der Waals surface area contributed by atoms with Crippen molar-refractivity contribution in [3.8, 4) is 0 Å². The summed E-state index contributed by atoms with van der Waals surface area (Å²) in [6.07, 6.45) is -26.0. The van der Waals surface area contributed by atoms with E-state index in [1.807, 2.05) is 0 Å². The van der Waals surface area contributed by atoms with E-state index in [0.29, 0.717) is 0 Å². The van der Waals surface area contributed by atoms with Gasteiger partial charge in [0.2, 0.25) is 0 Å². The van der Waals surface area contributed by atoms with Gasteiger partial charge in [0.1, 0.15) is 0 Å². The van der Waals surface area contributed by atoms with E-state index < -0.39 is 42.3 Å². The summed E-state index contributed by atoms with van der Waals surface area (Å²) in [5, 5.41) is 1.49. The minimum Gasteiger partial charge on any atom is -0.323 e. The zero-order valence-corrected chi connectivity index (χ0v) is 9.21. The Balaban J connectivity index is 6.19. The standard InChI is InChI=1S/C7H4F12N2/c8-4(9,10)2(5(11,12)13)1(21-20)3(6(14,15)16)7(17,18)19/h2-3H,20H2. The molecule has 14 heteroatoms. The first-order valence-corrected chi connectivity index (χ1v) is 4.48. The first-order valence-electron chi connectivity index (χ1n) is 4.48. The highest BCUT2D eigenvalue weighted by Crippen LogP contribution is 2.48. The van der Waals surface area contributed by atoms with Gasteiger partial charge in [0, 0.05) is 0 Å². The highest BCUT2D eigenvalue weighted by atomic mass is 19.4. The average Bonchev–Trinajstić information content (AvgIpc) is 2.06. The Morgan fingerprint density at radius 3 is 0.857 bits per heavy atom. The molecule has 0 aromatic heterocycles. The van der Waals surface area contributed by atoms with Gasteiger partial charge in [0.05, 0.1) is 5.71 Å². The molecule has 0 aliphatic heterocycles. The van der Waals surface area contributed by atoms with Gasteiger partial charge in [-0.1, -0.05) is 0 Å². The Hall–Kier alpha value is -1.37. The number of hydrogen-bond acceptors (Lipinski definition) is 2. The van der Waals surface area contributed by atoms with Crippen molar-refractivity contribution in [1.29, 1.82) is 0 Å². The van der Waals surface area contributed by atoms with Crippen LogP contribution >= 0.6 is 0 Å². The van der Waals surface area contributed by atoms with Crippen LogP contribution in [0.1, 0.15) is 0 Å². The van der Waals surface area contributed by atoms with Crippen molar-refractivity contribution >= 4 is 5.71 Å². The van der Waals surface area contributed by atoms with Crippen LogP contribution in [0.25, 0.3) is 0 Å². The summed E-state index contributed by atoms with van der Waals surface area (Å²) in [6.45, 7) is 0. The van der Waals surface area contributed by atoms with Crippen LogP contribution in [0.4, 0.5) is 52.7 Å². The summed E-state index contributed by atoms with van der Waals surface area (Å²) in [7, 11) is 0. The van der Waals surface area contributed by atoms with Gasteiger partial charge in [-0.2, -0.15) is 57.8 Å². The summed E-state index contributed by atoms with van der Waals surface area (Å²) in [5.74, 6) is -6.24. The fourth-order valence-electron chi connectivity index (χ4n) is 1.36. The van der Waals surface area contributed by atoms with E-state index in [4.69, 9.17) is 0 Å². The van der Waals surface area contributed by atoms with Crippen molar-refractivity contribution in [3.63, 3.8) is 0 Å². The predicted molar refractivity (Wildman–Crippen MR) is 42.8 cm³/mol. The van der Waals surface area contributed by atoms with E-state index in [-0.39, 0.29) is 0 Å². The Morgan fingerprint density at radius 1 is 0.571 bits per heavy atom. The molecular formula is C7H4F12N2.